The molecule has 0 N–H and O–H groups in total. The quantitative estimate of drug-likeness (QED) is 0.640. The fourth-order valence-corrected chi connectivity index (χ4v) is 3.15. The van der Waals surface area contributed by atoms with E-state index in [1.165, 1.54) is 5.56 Å². The molecule has 2 nitrogen and oxygen atoms in total. The van der Waals surface area contributed by atoms with E-state index in [1.54, 1.807) is 0 Å². The van der Waals surface area contributed by atoms with Crippen LogP contribution in [0.2, 0.25) is 0 Å². The number of benzene rings is 2. The van der Waals surface area contributed by atoms with E-state index < -0.39 is 5.60 Å². The Morgan fingerprint density at radius 2 is 1.50 bits per heavy atom. The minimum Gasteiger partial charge on any atom is -0.454 e. The summed E-state index contributed by atoms with van der Waals surface area (Å²) in [6, 6.07) is 20.5. The molecule has 0 heterocycles. The first kappa shape index (κ1) is 18.3. The van der Waals surface area contributed by atoms with Gasteiger partial charge in [-0.3, -0.25) is 4.79 Å². The Kier molecular flexibility index (Phi) is 6.19. The molecule has 2 aromatic rings. The molecule has 2 rings (SSSR count). The number of rotatable bonds is 7. The highest BCUT2D eigenvalue weighted by atomic mass is 16.6. The van der Waals surface area contributed by atoms with Crippen LogP contribution in [0, 0.1) is 11.8 Å². The first-order chi connectivity index (χ1) is 11.5. The molecular formula is C22H28O2. The van der Waals surface area contributed by atoms with Gasteiger partial charge in [0.1, 0.15) is 5.60 Å². The van der Waals surface area contributed by atoms with Gasteiger partial charge in [-0.2, -0.15) is 0 Å². The fourth-order valence-electron chi connectivity index (χ4n) is 3.15. The zero-order valence-corrected chi connectivity index (χ0v) is 15.2. The molecule has 2 atom stereocenters. The number of hydrogen-bond acceptors (Lipinski definition) is 2. The third-order valence-electron chi connectivity index (χ3n) is 4.89. The Labute approximate surface area is 145 Å². The normalized spacial score (nSPS) is 14.9. The number of ether oxygens (including phenoxy) is 1. The molecule has 0 radical (unpaired) electrons. The molecule has 0 saturated carbocycles. The summed E-state index contributed by atoms with van der Waals surface area (Å²) < 4.78 is 6.16. The minimum absolute atomic E-state index is 0.151. The predicted molar refractivity (Wildman–Crippen MR) is 98.7 cm³/mol. The smallest absolute Gasteiger partial charge is 0.306 e. The summed E-state index contributed by atoms with van der Waals surface area (Å²) in [7, 11) is 0. The van der Waals surface area contributed by atoms with Crippen molar-refractivity contribution in [3.8, 4) is 0 Å². The summed E-state index contributed by atoms with van der Waals surface area (Å²) in [6.07, 6.45) is 1.07. The topological polar surface area (TPSA) is 26.3 Å². The van der Waals surface area contributed by atoms with E-state index in [4.69, 9.17) is 4.74 Å². The molecule has 0 saturated heterocycles. The van der Waals surface area contributed by atoms with E-state index in [9.17, 15) is 4.79 Å². The molecule has 24 heavy (non-hydrogen) atoms. The Morgan fingerprint density at radius 1 is 0.958 bits per heavy atom. The van der Waals surface area contributed by atoms with Crippen molar-refractivity contribution in [2.75, 3.05) is 0 Å². The number of esters is 1. The second-order valence-corrected chi connectivity index (χ2v) is 6.78. The van der Waals surface area contributed by atoms with Gasteiger partial charge in [-0.25, -0.2) is 0 Å². The van der Waals surface area contributed by atoms with Crippen LogP contribution >= 0.6 is 0 Å². The van der Waals surface area contributed by atoms with E-state index in [1.807, 2.05) is 43.3 Å². The average Bonchev–Trinajstić information content (AvgIpc) is 2.61. The van der Waals surface area contributed by atoms with Crippen molar-refractivity contribution in [1.29, 1.82) is 0 Å². The van der Waals surface area contributed by atoms with Crippen LogP contribution in [0.4, 0.5) is 0 Å². The number of carbonyl (C=O) groups excluding carboxylic acids is 1. The molecule has 0 fully saturated rings. The second-order valence-electron chi connectivity index (χ2n) is 6.78. The molecular weight excluding hydrogens is 296 g/mol. The predicted octanol–water partition coefficient (Wildman–Crippen LogP) is 5.37. The van der Waals surface area contributed by atoms with E-state index in [2.05, 4.69) is 45.0 Å². The summed E-state index contributed by atoms with van der Waals surface area (Å²) in [5.74, 6) is 0.427. The fraction of sp³-hybridized carbons (Fsp3) is 0.409. The highest BCUT2D eigenvalue weighted by molar-refractivity contribution is 5.69. The lowest BCUT2D eigenvalue weighted by Crippen LogP contribution is -2.43. The number of carbonyl (C=O) groups is 1. The molecule has 0 aromatic heterocycles. The van der Waals surface area contributed by atoms with Gasteiger partial charge in [0, 0.05) is 18.8 Å². The van der Waals surface area contributed by atoms with Crippen molar-refractivity contribution in [3.05, 3.63) is 71.8 Å². The van der Waals surface area contributed by atoms with E-state index in [0.29, 0.717) is 18.8 Å². The van der Waals surface area contributed by atoms with Crippen molar-refractivity contribution >= 4 is 5.97 Å². The van der Waals surface area contributed by atoms with E-state index in [0.717, 1.165) is 5.56 Å². The molecule has 0 bridgehead atoms. The second kappa shape index (κ2) is 8.14. The molecule has 0 spiro atoms. The van der Waals surface area contributed by atoms with Gasteiger partial charge < -0.3 is 4.74 Å². The van der Waals surface area contributed by atoms with Crippen molar-refractivity contribution in [2.24, 2.45) is 11.8 Å². The van der Waals surface area contributed by atoms with Crippen LogP contribution in [-0.4, -0.2) is 5.97 Å². The highest BCUT2D eigenvalue weighted by Crippen LogP contribution is 2.41. The monoisotopic (exact) mass is 324 g/mol. The lowest BCUT2D eigenvalue weighted by molar-refractivity contribution is -0.169. The average molecular weight is 324 g/mol. The first-order valence-electron chi connectivity index (χ1n) is 8.81. The maximum atomic E-state index is 12.3. The van der Waals surface area contributed by atoms with Crippen LogP contribution in [0.15, 0.2) is 60.7 Å². The molecule has 0 amide bonds. The van der Waals surface area contributed by atoms with Crippen molar-refractivity contribution in [1.82, 2.24) is 0 Å². The van der Waals surface area contributed by atoms with Gasteiger partial charge in [-0.05, 0) is 17.0 Å². The molecule has 0 aliphatic carbocycles. The van der Waals surface area contributed by atoms with Crippen LogP contribution in [0.5, 0.6) is 0 Å². The maximum Gasteiger partial charge on any atom is 0.306 e. The van der Waals surface area contributed by atoms with Gasteiger partial charge in [-0.15, -0.1) is 0 Å². The van der Waals surface area contributed by atoms with Gasteiger partial charge in [0.05, 0.1) is 0 Å². The molecule has 2 unspecified atom stereocenters. The van der Waals surface area contributed by atoms with Gasteiger partial charge >= 0.3 is 5.97 Å². The lowest BCUT2D eigenvalue weighted by atomic mass is 9.73. The largest absolute Gasteiger partial charge is 0.454 e. The summed E-state index contributed by atoms with van der Waals surface area (Å²) in [4.78, 5) is 12.3. The molecule has 0 aliphatic rings. The number of hydrogen-bond donors (Lipinski definition) is 0. The van der Waals surface area contributed by atoms with E-state index in [-0.39, 0.29) is 11.9 Å². The molecule has 2 aromatic carbocycles. The summed E-state index contributed by atoms with van der Waals surface area (Å²) >= 11 is 0. The van der Waals surface area contributed by atoms with Crippen molar-refractivity contribution < 1.29 is 9.53 Å². The summed E-state index contributed by atoms with van der Waals surface area (Å²) in [5.41, 5.74) is 1.60. The van der Waals surface area contributed by atoms with Gasteiger partial charge in [0.2, 0.25) is 0 Å². The van der Waals surface area contributed by atoms with E-state index >= 15 is 0 Å². The SMILES string of the molecule is CCC(=O)OC(Cc1ccccc1)(c1ccccc1)C(C)C(C)C. The Balaban J connectivity index is 2.56. The van der Waals surface area contributed by atoms with Crippen molar-refractivity contribution in [3.63, 3.8) is 0 Å². The zero-order chi connectivity index (χ0) is 17.6. The van der Waals surface area contributed by atoms with Crippen molar-refractivity contribution in [2.45, 2.75) is 46.1 Å². The van der Waals surface area contributed by atoms with Crippen LogP contribution < -0.4 is 0 Å². The highest BCUT2D eigenvalue weighted by Gasteiger charge is 2.43. The van der Waals surface area contributed by atoms with Crippen LogP contribution in [0.25, 0.3) is 0 Å². The standard InChI is InChI=1S/C22H28O2/c1-5-21(23)24-22(18(4)17(2)3,20-14-10-7-11-15-20)16-19-12-8-6-9-13-19/h6-15,17-18H,5,16H2,1-4H3. The van der Waals surface area contributed by atoms with Gasteiger partial charge in [0.25, 0.3) is 0 Å². The third-order valence-corrected chi connectivity index (χ3v) is 4.89. The van der Waals surface area contributed by atoms with Gasteiger partial charge in [-0.1, -0.05) is 88.4 Å². The maximum absolute atomic E-state index is 12.3. The first-order valence-corrected chi connectivity index (χ1v) is 8.81. The van der Waals surface area contributed by atoms with Crippen LogP contribution in [0.3, 0.4) is 0 Å². The summed E-state index contributed by atoms with van der Waals surface area (Å²) in [5, 5.41) is 0. The molecule has 0 aliphatic heterocycles. The Morgan fingerprint density at radius 3 is 2.00 bits per heavy atom. The van der Waals surface area contributed by atoms with Crippen LogP contribution in [-0.2, 0) is 21.6 Å². The molecule has 128 valence electrons. The minimum atomic E-state index is -0.649. The Bertz CT molecular complexity index is 634. The molecule has 2 heteroatoms. The van der Waals surface area contributed by atoms with Crippen LogP contribution in [0.1, 0.15) is 45.2 Å². The third kappa shape index (κ3) is 4.05. The van der Waals surface area contributed by atoms with Gasteiger partial charge in [0.15, 0.2) is 0 Å². The lowest BCUT2D eigenvalue weighted by Gasteiger charge is -2.41. The summed E-state index contributed by atoms with van der Waals surface area (Å²) in [6.45, 7) is 8.41. The Hall–Kier alpha value is -2.09. The zero-order valence-electron chi connectivity index (χ0n) is 15.2.